The topological polar surface area (TPSA) is 48.4 Å². The molecule has 2 rings (SSSR count). The fourth-order valence-electron chi connectivity index (χ4n) is 1.55. The van der Waals surface area contributed by atoms with E-state index < -0.39 is 0 Å². The van der Waals surface area contributed by atoms with Crippen LogP contribution in [0.3, 0.4) is 0 Å². The Morgan fingerprint density at radius 2 is 2.21 bits per heavy atom. The van der Waals surface area contributed by atoms with E-state index in [1.807, 2.05) is 24.3 Å². The summed E-state index contributed by atoms with van der Waals surface area (Å²) in [7, 11) is 1.64. The molecule has 0 spiro atoms. The van der Waals surface area contributed by atoms with Crippen LogP contribution in [0.4, 0.5) is 0 Å². The molecule has 1 heterocycles. The first-order chi connectivity index (χ1) is 6.83. The molecular formula is C11H13NO2. The van der Waals surface area contributed by atoms with Crippen molar-refractivity contribution in [1.29, 1.82) is 0 Å². The van der Waals surface area contributed by atoms with E-state index >= 15 is 0 Å². The van der Waals surface area contributed by atoms with Crippen molar-refractivity contribution in [2.24, 2.45) is 5.73 Å². The number of furan rings is 1. The second-order valence-corrected chi connectivity index (χ2v) is 3.25. The van der Waals surface area contributed by atoms with Crippen molar-refractivity contribution in [3.05, 3.63) is 36.1 Å². The van der Waals surface area contributed by atoms with E-state index in [-0.39, 0.29) is 6.04 Å². The molecule has 0 saturated heterocycles. The molecule has 2 aromatic rings. The van der Waals surface area contributed by atoms with Crippen molar-refractivity contribution in [3.63, 3.8) is 0 Å². The van der Waals surface area contributed by atoms with E-state index in [2.05, 4.69) is 0 Å². The average molecular weight is 191 g/mol. The molecule has 1 aromatic heterocycles. The zero-order valence-electron chi connectivity index (χ0n) is 8.07. The summed E-state index contributed by atoms with van der Waals surface area (Å²) in [4.78, 5) is 0. The predicted octanol–water partition coefficient (Wildman–Crippen LogP) is 2.08. The van der Waals surface area contributed by atoms with E-state index in [9.17, 15) is 0 Å². The highest BCUT2D eigenvalue weighted by Gasteiger charge is 2.12. The molecule has 74 valence electrons. The van der Waals surface area contributed by atoms with E-state index in [0.29, 0.717) is 6.61 Å². The van der Waals surface area contributed by atoms with Crippen molar-refractivity contribution in [1.82, 2.24) is 0 Å². The molecule has 2 N–H and O–H groups in total. The normalized spacial score (nSPS) is 13.3. The van der Waals surface area contributed by atoms with Crippen LogP contribution in [-0.4, -0.2) is 13.7 Å². The Morgan fingerprint density at radius 3 is 3.00 bits per heavy atom. The van der Waals surface area contributed by atoms with Gasteiger partial charge in [0.25, 0.3) is 0 Å². The van der Waals surface area contributed by atoms with Crippen LogP contribution in [0.2, 0.25) is 0 Å². The van der Waals surface area contributed by atoms with Gasteiger partial charge in [-0.1, -0.05) is 18.2 Å². The minimum absolute atomic E-state index is 0.122. The highest BCUT2D eigenvalue weighted by atomic mass is 16.5. The molecule has 3 nitrogen and oxygen atoms in total. The lowest BCUT2D eigenvalue weighted by Gasteiger charge is -2.07. The average Bonchev–Trinajstić information content (AvgIpc) is 2.61. The number of ether oxygens (including phenoxy) is 1. The first-order valence-corrected chi connectivity index (χ1v) is 4.53. The predicted molar refractivity (Wildman–Crippen MR) is 55.0 cm³/mol. The van der Waals surface area contributed by atoms with Crippen molar-refractivity contribution in [3.8, 4) is 0 Å². The molecule has 1 atom stereocenters. The van der Waals surface area contributed by atoms with Crippen molar-refractivity contribution < 1.29 is 9.15 Å². The summed E-state index contributed by atoms with van der Waals surface area (Å²) in [5, 5.41) is 1.07. The molecule has 1 aromatic carbocycles. The molecule has 14 heavy (non-hydrogen) atoms. The maximum atomic E-state index is 5.93. The standard InChI is InChI=1S/C11H13NO2/c1-13-7-10(12)9-6-14-11-5-3-2-4-8(9)11/h2-6,10H,7,12H2,1H3. The number of hydrogen-bond donors (Lipinski definition) is 1. The second-order valence-electron chi connectivity index (χ2n) is 3.25. The van der Waals surface area contributed by atoms with Gasteiger partial charge in [-0.05, 0) is 6.07 Å². The summed E-state index contributed by atoms with van der Waals surface area (Å²) >= 11 is 0. The number of hydrogen-bond acceptors (Lipinski definition) is 3. The summed E-state index contributed by atoms with van der Waals surface area (Å²) in [5.74, 6) is 0. The third-order valence-electron chi connectivity index (χ3n) is 2.26. The van der Waals surface area contributed by atoms with Gasteiger partial charge in [0.15, 0.2) is 0 Å². The second kappa shape index (κ2) is 3.82. The largest absolute Gasteiger partial charge is 0.464 e. The van der Waals surface area contributed by atoms with Crippen LogP contribution < -0.4 is 5.73 Å². The fourth-order valence-corrected chi connectivity index (χ4v) is 1.55. The molecule has 0 saturated carbocycles. The van der Waals surface area contributed by atoms with Gasteiger partial charge in [0.05, 0.1) is 18.9 Å². The van der Waals surface area contributed by atoms with Gasteiger partial charge in [0.1, 0.15) is 5.58 Å². The van der Waals surface area contributed by atoms with Gasteiger partial charge < -0.3 is 14.9 Å². The van der Waals surface area contributed by atoms with Gasteiger partial charge in [-0.15, -0.1) is 0 Å². The van der Waals surface area contributed by atoms with Crippen LogP contribution in [0.1, 0.15) is 11.6 Å². The maximum Gasteiger partial charge on any atom is 0.134 e. The van der Waals surface area contributed by atoms with Crippen LogP contribution in [0.25, 0.3) is 11.0 Å². The molecule has 0 aliphatic heterocycles. The lowest BCUT2D eigenvalue weighted by molar-refractivity contribution is 0.181. The first kappa shape index (κ1) is 9.24. The third kappa shape index (κ3) is 1.52. The molecule has 0 aliphatic rings. The Kier molecular flexibility index (Phi) is 2.52. The minimum atomic E-state index is -0.122. The number of benzene rings is 1. The number of para-hydroxylation sites is 1. The quantitative estimate of drug-likeness (QED) is 0.808. The number of methoxy groups -OCH3 is 1. The fraction of sp³-hybridized carbons (Fsp3) is 0.273. The van der Waals surface area contributed by atoms with Gasteiger partial charge >= 0.3 is 0 Å². The molecule has 3 heteroatoms. The van der Waals surface area contributed by atoms with Gasteiger partial charge in [-0.3, -0.25) is 0 Å². The van der Waals surface area contributed by atoms with E-state index in [1.165, 1.54) is 0 Å². The van der Waals surface area contributed by atoms with E-state index in [4.69, 9.17) is 14.9 Å². The Bertz CT molecular complexity index is 422. The molecule has 0 bridgehead atoms. The third-order valence-corrected chi connectivity index (χ3v) is 2.26. The molecule has 0 fully saturated rings. The van der Waals surface area contributed by atoms with Crippen molar-refractivity contribution >= 4 is 11.0 Å². The van der Waals surface area contributed by atoms with E-state index in [1.54, 1.807) is 13.4 Å². The first-order valence-electron chi connectivity index (χ1n) is 4.53. The summed E-state index contributed by atoms with van der Waals surface area (Å²) in [6.45, 7) is 0.503. The van der Waals surface area contributed by atoms with Gasteiger partial charge in [0.2, 0.25) is 0 Å². The summed E-state index contributed by atoms with van der Waals surface area (Å²) in [6, 6.07) is 7.73. The number of nitrogens with two attached hydrogens (primary N) is 1. The molecule has 0 aliphatic carbocycles. The maximum absolute atomic E-state index is 5.93. The Balaban J connectivity index is 2.42. The van der Waals surface area contributed by atoms with Gasteiger partial charge in [-0.25, -0.2) is 0 Å². The lowest BCUT2D eigenvalue weighted by atomic mass is 10.1. The number of rotatable bonds is 3. The molecular weight excluding hydrogens is 178 g/mol. The summed E-state index contributed by atoms with van der Waals surface area (Å²) in [5.41, 5.74) is 7.80. The van der Waals surface area contributed by atoms with Crippen LogP contribution in [-0.2, 0) is 4.74 Å². The highest BCUT2D eigenvalue weighted by molar-refractivity contribution is 5.81. The summed E-state index contributed by atoms with van der Waals surface area (Å²) in [6.07, 6.45) is 1.70. The monoisotopic (exact) mass is 191 g/mol. The lowest BCUT2D eigenvalue weighted by Crippen LogP contribution is -2.15. The van der Waals surface area contributed by atoms with Crippen LogP contribution >= 0.6 is 0 Å². The smallest absolute Gasteiger partial charge is 0.134 e. The zero-order valence-corrected chi connectivity index (χ0v) is 8.07. The SMILES string of the molecule is COCC(N)c1coc2ccccc12. The Morgan fingerprint density at radius 1 is 1.43 bits per heavy atom. The van der Waals surface area contributed by atoms with Crippen LogP contribution in [0.5, 0.6) is 0 Å². The summed E-state index contributed by atoms with van der Waals surface area (Å²) < 4.78 is 10.4. The van der Waals surface area contributed by atoms with E-state index in [0.717, 1.165) is 16.5 Å². The van der Waals surface area contributed by atoms with Crippen molar-refractivity contribution in [2.45, 2.75) is 6.04 Å². The molecule has 0 radical (unpaired) electrons. The van der Waals surface area contributed by atoms with Gasteiger partial charge in [0, 0.05) is 18.1 Å². The Hall–Kier alpha value is -1.32. The minimum Gasteiger partial charge on any atom is -0.464 e. The van der Waals surface area contributed by atoms with Gasteiger partial charge in [-0.2, -0.15) is 0 Å². The Labute approximate surface area is 82.5 Å². The molecule has 1 unspecified atom stereocenters. The zero-order chi connectivity index (χ0) is 9.97. The number of fused-ring (bicyclic) bond motifs is 1. The highest BCUT2D eigenvalue weighted by Crippen LogP contribution is 2.24. The molecule has 0 amide bonds. The van der Waals surface area contributed by atoms with Crippen LogP contribution in [0, 0.1) is 0 Å². The van der Waals surface area contributed by atoms with Crippen LogP contribution in [0.15, 0.2) is 34.9 Å². The van der Waals surface area contributed by atoms with Crippen molar-refractivity contribution in [2.75, 3.05) is 13.7 Å².